The smallest absolute Gasteiger partial charge is 0.357 e. The van der Waals surface area contributed by atoms with Crippen LogP contribution in [0.15, 0.2) is 39.5 Å². The second-order valence-corrected chi connectivity index (χ2v) is 3.36. The zero-order valence-electron chi connectivity index (χ0n) is 7.32. The number of carbonyl (C=O) groups is 1. The van der Waals surface area contributed by atoms with E-state index in [1.165, 1.54) is 24.9 Å². The molecule has 0 aliphatic heterocycles. The van der Waals surface area contributed by atoms with E-state index in [1.54, 1.807) is 0 Å². The van der Waals surface area contributed by atoms with Crippen molar-refractivity contribution in [3.8, 4) is 0 Å². The molecule has 0 saturated carbocycles. The SMILES string of the molecule is O=C(O)c1nccnc1Sc1ncco1. The Morgan fingerprint density at radius 3 is 2.73 bits per heavy atom. The van der Waals surface area contributed by atoms with Gasteiger partial charge in [0, 0.05) is 12.4 Å². The lowest BCUT2D eigenvalue weighted by molar-refractivity contribution is 0.0685. The van der Waals surface area contributed by atoms with Crippen molar-refractivity contribution in [2.75, 3.05) is 0 Å². The molecule has 0 aromatic carbocycles. The molecule has 2 aromatic rings. The van der Waals surface area contributed by atoms with Crippen LogP contribution in [0, 0.1) is 0 Å². The van der Waals surface area contributed by atoms with E-state index >= 15 is 0 Å². The van der Waals surface area contributed by atoms with Gasteiger partial charge in [-0.3, -0.25) is 0 Å². The molecule has 15 heavy (non-hydrogen) atoms. The van der Waals surface area contributed by atoms with Gasteiger partial charge in [-0.05, 0) is 11.8 Å². The molecule has 76 valence electrons. The normalized spacial score (nSPS) is 10.1. The Morgan fingerprint density at radius 2 is 2.07 bits per heavy atom. The highest BCUT2D eigenvalue weighted by molar-refractivity contribution is 7.99. The first-order valence-electron chi connectivity index (χ1n) is 3.89. The summed E-state index contributed by atoms with van der Waals surface area (Å²) in [6.07, 6.45) is 5.61. The standard InChI is InChI=1S/C8H5N3O3S/c12-7(13)5-6(10-2-1-9-5)15-8-11-3-4-14-8/h1-4H,(H,12,13). The topological polar surface area (TPSA) is 89.1 Å². The fourth-order valence-electron chi connectivity index (χ4n) is 0.890. The number of nitrogens with zero attached hydrogens (tertiary/aromatic N) is 3. The number of hydrogen-bond acceptors (Lipinski definition) is 6. The van der Waals surface area contributed by atoms with Crippen LogP contribution in [0.25, 0.3) is 0 Å². The van der Waals surface area contributed by atoms with Crippen molar-refractivity contribution in [3.63, 3.8) is 0 Å². The largest absolute Gasteiger partial charge is 0.476 e. The molecule has 0 saturated heterocycles. The summed E-state index contributed by atoms with van der Waals surface area (Å²) >= 11 is 1.02. The highest BCUT2D eigenvalue weighted by atomic mass is 32.2. The summed E-state index contributed by atoms with van der Waals surface area (Å²) in [5.74, 6) is -1.13. The second-order valence-electron chi connectivity index (χ2n) is 2.42. The minimum atomic E-state index is -1.13. The quantitative estimate of drug-likeness (QED) is 0.838. The third-order valence-electron chi connectivity index (χ3n) is 1.46. The molecule has 0 radical (unpaired) electrons. The van der Waals surface area contributed by atoms with Gasteiger partial charge in [-0.2, -0.15) is 0 Å². The van der Waals surface area contributed by atoms with Crippen LogP contribution in [0.2, 0.25) is 0 Å². The average Bonchev–Trinajstić information content (AvgIpc) is 2.71. The lowest BCUT2D eigenvalue weighted by atomic mass is 10.5. The van der Waals surface area contributed by atoms with Gasteiger partial charge in [0.2, 0.25) is 0 Å². The number of carboxylic acids is 1. The lowest BCUT2D eigenvalue weighted by Crippen LogP contribution is -2.03. The van der Waals surface area contributed by atoms with E-state index in [1.807, 2.05) is 0 Å². The van der Waals surface area contributed by atoms with E-state index < -0.39 is 5.97 Å². The Morgan fingerprint density at radius 1 is 1.27 bits per heavy atom. The minimum Gasteiger partial charge on any atom is -0.476 e. The van der Waals surface area contributed by atoms with Crippen LogP contribution in [-0.2, 0) is 0 Å². The number of rotatable bonds is 3. The third-order valence-corrected chi connectivity index (χ3v) is 2.33. The highest BCUT2D eigenvalue weighted by Gasteiger charge is 2.15. The van der Waals surface area contributed by atoms with Crippen LogP contribution in [0.3, 0.4) is 0 Å². The van der Waals surface area contributed by atoms with Crippen molar-refractivity contribution in [2.24, 2.45) is 0 Å². The first-order valence-corrected chi connectivity index (χ1v) is 4.70. The second kappa shape index (κ2) is 4.09. The first-order chi connectivity index (χ1) is 7.27. The summed E-state index contributed by atoms with van der Waals surface area (Å²) in [7, 11) is 0. The number of aromatic nitrogens is 3. The molecule has 2 heterocycles. The van der Waals surface area contributed by atoms with Crippen molar-refractivity contribution in [3.05, 3.63) is 30.5 Å². The molecular weight excluding hydrogens is 218 g/mol. The van der Waals surface area contributed by atoms with Crippen LogP contribution in [0.5, 0.6) is 0 Å². The molecule has 0 aliphatic carbocycles. The van der Waals surface area contributed by atoms with E-state index in [0.717, 1.165) is 11.8 Å². The summed E-state index contributed by atoms with van der Waals surface area (Å²) < 4.78 is 4.96. The number of carboxylic acid groups (broad SMARTS) is 1. The van der Waals surface area contributed by atoms with Crippen molar-refractivity contribution < 1.29 is 14.3 Å². The fraction of sp³-hybridized carbons (Fsp3) is 0. The predicted molar refractivity (Wildman–Crippen MR) is 49.6 cm³/mol. The third kappa shape index (κ3) is 2.13. The lowest BCUT2D eigenvalue weighted by Gasteiger charge is -1.99. The number of aromatic carboxylic acids is 1. The maximum absolute atomic E-state index is 10.8. The summed E-state index contributed by atoms with van der Waals surface area (Å²) in [6, 6.07) is 0. The van der Waals surface area contributed by atoms with Gasteiger partial charge in [0.1, 0.15) is 11.3 Å². The van der Waals surface area contributed by atoms with Crippen LogP contribution in [-0.4, -0.2) is 26.0 Å². The van der Waals surface area contributed by atoms with Gasteiger partial charge in [0.25, 0.3) is 5.22 Å². The van der Waals surface area contributed by atoms with E-state index in [0.29, 0.717) is 5.22 Å². The molecular formula is C8H5N3O3S. The van der Waals surface area contributed by atoms with E-state index in [4.69, 9.17) is 9.52 Å². The molecule has 7 heteroatoms. The van der Waals surface area contributed by atoms with Crippen molar-refractivity contribution in [2.45, 2.75) is 10.2 Å². The Hall–Kier alpha value is -1.89. The Labute approximate surface area is 88.4 Å². The van der Waals surface area contributed by atoms with E-state index in [9.17, 15) is 4.79 Å². The Balaban J connectivity index is 2.32. The van der Waals surface area contributed by atoms with E-state index in [-0.39, 0.29) is 10.7 Å². The van der Waals surface area contributed by atoms with Gasteiger partial charge in [-0.25, -0.2) is 19.7 Å². The van der Waals surface area contributed by atoms with Crippen LogP contribution in [0.1, 0.15) is 10.5 Å². The fourth-order valence-corrected chi connectivity index (χ4v) is 1.62. The van der Waals surface area contributed by atoms with Gasteiger partial charge in [0.05, 0.1) is 6.20 Å². The summed E-state index contributed by atoms with van der Waals surface area (Å²) in [6.45, 7) is 0. The molecule has 0 spiro atoms. The number of oxazole rings is 1. The van der Waals surface area contributed by atoms with E-state index in [2.05, 4.69) is 15.0 Å². The van der Waals surface area contributed by atoms with Gasteiger partial charge < -0.3 is 9.52 Å². The zero-order chi connectivity index (χ0) is 10.7. The maximum Gasteiger partial charge on any atom is 0.357 e. The van der Waals surface area contributed by atoms with Crippen molar-refractivity contribution in [1.29, 1.82) is 0 Å². The number of hydrogen-bond donors (Lipinski definition) is 1. The first kappa shape index (κ1) is 9.66. The maximum atomic E-state index is 10.8. The van der Waals surface area contributed by atoms with Crippen LogP contribution < -0.4 is 0 Å². The molecule has 1 N–H and O–H groups in total. The van der Waals surface area contributed by atoms with Gasteiger partial charge in [0.15, 0.2) is 5.69 Å². The molecule has 0 unspecified atom stereocenters. The predicted octanol–water partition coefficient (Wildman–Crippen LogP) is 1.31. The molecule has 0 amide bonds. The Kier molecular flexibility index (Phi) is 2.64. The molecule has 0 bridgehead atoms. The van der Waals surface area contributed by atoms with Crippen molar-refractivity contribution in [1.82, 2.24) is 15.0 Å². The summed E-state index contributed by atoms with van der Waals surface area (Å²) in [5, 5.41) is 9.42. The molecule has 0 fully saturated rings. The molecule has 2 rings (SSSR count). The van der Waals surface area contributed by atoms with Crippen LogP contribution >= 0.6 is 11.8 Å². The summed E-state index contributed by atoms with van der Waals surface area (Å²) in [4.78, 5) is 22.2. The van der Waals surface area contributed by atoms with Gasteiger partial charge >= 0.3 is 5.97 Å². The van der Waals surface area contributed by atoms with Crippen molar-refractivity contribution >= 4 is 17.7 Å². The molecule has 2 aromatic heterocycles. The minimum absolute atomic E-state index is 0.110. The van der Waals surface area contributed by atoms with Gasteiger partial charge in [-0.15, -0.1) is 0 Å². The molecule has 0 aliphatic rings. The monoisotopic (exact) mass is 223 g/mol. The molecule has 0 atom stereocenters. The van der Waals surface area contributed by atoms with Crippen LogP contribution in [0.4, 0.5) is 0 Å². The van der Waals surface area contributed by atoms with Gasteiger partial charge in [-0.1, -0.05) is 0 Å². The average molecular weight is 223 g/mol. The highest BCUT2D eigenvalue weighted by Crippen LogP contribution is 2.25. The summed E-state index contributed by atoms with van der Waals surface area (Å²) in [5.41, 5.74) is -0.110. The Bertz CT molecular complexity index is 472. The zero-order valence-corrected chi connectivity index (χ0v) is 8.14. The molecule has 6 nitrogen and oxygen atoms in total.